The summed E-state index contributed by atoms with van der Waals surface area (Å²) in [6.45, 7) is 7.99. The Bertz CT molecular complexity index is 1100. The fourth-order valence-electron chi connectivity index (χ4n) is 8.30. The van der Waals surface area contributed by atoms with Gasteiger partial charge in [0.05, 0.1) is 36.4 Å². The van der Waals surface area contributed by atoms with Gasteiger partial charge in [0, 0.05) is 24.5 Å². The summed E-state index contributed by atoms with van der Waals surface area (Å²) in [7, 11) is 0. The number of esters is 2. The Kier molecular flexibility index (Phi) is 6.80. The van der Waals surface area contributed by atoms with Crippen molar-refractivity contribution in [3.63, 3.8) is 0 Å². The molecule has 0 unspecified atom stereocenters. The van der Waals surface area contributed by atoms with E-state index in [-0.39, 0.29) is 36.8 Å². The maximum absolute atomic E-state index is 13.2. The van der Waals surface area contributed by atoms with Crippen LogP contribution in [0.4, 0.5) is 0 Å². The zero-order valence-corrected chi connectivity index (χ0v) is 23.7. The van der Waals surface area contributed by atoms with E-state index >= 15 is 0 Å². The number of aliphatic hydroxyl groups is 3. The van der Waals surface area contributed by atoms with Crippen LogP contribution in [0.2, 0.25) is 0 Å². The molecule has 13 atom stereocenters. The molecule has 2 spiro atoms. The zero-order chi connectivity index (χ0) is 28.7. The van der Waals surface area contributed by atoms with Crippen LogP contribution in [-0.2, 0) is 33.3 Å². The maximum Gasteiger partial charge on any atom is 0.335 e. The van der Waals surface area contributed by atoms with Gasteiger partial charge in [-0.2, -0.15) is 0 Å². The van der Waals surface area contributed by atoms with Gasteiger partial charge in [0.2, 0.25) is 0 Å². The van der Waals surface area contributed by atoms with Crippen LogP contribution in [0, 0.1) is 28.1 Å². The van der Waals surface area contributed by atoms with Crippen molar-refractivity contribution in [1.82, 2.24) is 0 Å². The van der Waals surface area contributed by atoms with Gasteiger partial charge in [-0.3, -0.25) is 0 Å². The van der Waals surface area contributed by atoms with Gasteiger partial charge in [-0.1, -0.05) is 39.0 Å². The van der Waals surface area contributed by atoms with Crippen LogP contribution >= 0.6 is 0 Å². The van der Waals surface area contributed by atoms with Gasteiger partial charge in [0.15, 0.2) is 6.10 Å². The molecule has 0 radical (unpaired) electrons. The quantitative estimate of drug-likeness (QED) is 0.317. The largest absolute Gasteiger partial charge is 0.463 e. The third kappa shape index (κ3) is 3.97. The second-order valence-electron chi connectivity index (χ2n) is 13.4. The summed E-state index contributed by atoms with van der Waals surface area (Å²) in [5.74, 6) is -1.66. The first-order valence-electron chi connectivity index (χ1n) is 14.6. The van der Waals surface area contributed by atoms with Gasteiger partial charge in [-0.05, 0) is 43.4 Å². The molecule has 0 aromatic rings. The minimum atomic E-state index is -1.38. The molecule has 2 bridgehead atoms. The van der Waals surface area contributed by atoms with Gasteiger partial charge < -0.3 is 39.0 Å². The molecule has 5 fully saturated rings. The van der Waals surface area contributed by atoms with Crippen molar-refractivity contribution in [1.29, 1.82) is 0 Å². The second-order valence-corrected chi connectivity index (χ2v) is 13.4. The average molecular weight is 563 g/mol. The average Bonchev–Trinajstić information content (AvgIpc) is 3.82. The van der Waals surface area contributed by atoms with Crippen LogP contribution in [0.15, 0.2) is 24.3 Å². The molecule has 40 heavy (non-hydrogen) atoms. The predicted molar refractivity (Wildman–Crippen MR) is 140 cm³/mol. The lowest BCUT2D eigenvalue weighted by Crippen LogP contribution is -2.69. The monoisotopic (exact) mass is 562 g/mol. The number of carbonyl (C=O) groups is 2. The van der Waals surface area contributed by atoms with Crippen molar-refractivity contribution in [3.05, 3.63) is 24.3 Å². The van der Waals surface area contributed by atoms with E-state index in [4.69, 9.17) is 23.7 Å². The number of allylic oxidation sites excluding steroid dienone is 2. The van der Waals surface area contributed by atoms with E-state index < -0.39 is 64.8 Å². The summed E-state index contributed by atoms with van der Waals surface area (Å²) in [5, 5.41) is 32.3. The first-order chi connectivity index (χ1) is 18.9. The van der Waals surface area contributed by atoms with Crippen LogP contribution in [0.5, 0.6) is 0 Å². The topological polar surface area (TPSA) is 144 Å². The number of hydrogen-bond acceptors (Lipinski definition) is 10. The smallest absolute Gasteiger partial charge is 0.335 e. The molecule has 0 aromatic heterocycles. The highest BCUT2D eigenvalue weighted by Crippen LogP contribution is 2.78. The number of fused-ring (bicyclic) bond motifs is 2. The zero-order valence-electron chi connectivity index (χ0n) is 23.7. The van der Waals surface area contributed by atoms with E-state index in [2.05, 4.69) is 6.92 Å². The van der Waals surface area contributed by atoms with E-state index in [0.29, 0.717) is 25.9 Å². The summed E-state index contributed by atoms with van der Waals surface area (Å²) < 4.78 is 30.7. The standard InChI is InChI=1S/C30H42O10/c1-16-9-10-36-19(17(2)31)7-5-6-8-23(33)39-21-11-22-30(15-38-30)28(21,4)29(14-37-26(35)24(16)34)13-20(32)27(3)12-18(27)25(29)40-22/h5-8,16-22,24-25,31-32,34H,9-15H2,1-4H3/b7-5+,8-6-/t16-,17-,18+,19-,20-,21-,22-,24+,25-,27+,28-,29-,30+/m1/s1. The molecule has 3 aliphatic carbocycles. The van der Waals surface area contributed by atoms with Crippen LogP contribution in [-0.4, -0.2) is 95.4 Å². The molecular weight excluding hydrogens is 520 g/mol. The number of rotatable bonds is 1. The van der Waals surface area contributed by atoms with Gasteiger partial charge in [0.1, 0.15) is 24.4 Å². The highest BCUT2D eigenvalue weighted by atomic mass is 16.6. The summed E-state index contributed by atoms with van der Waals surface area (Å²) >= 11 is 0. The minimum Gasteiger partial charge on any atom is -0.463 e. The Morgan fingerprint density at radius 2 is 1.82 bits per heavy atom. The van der Waals surface area contributed by atoms with Gasteiger partial charge in [-0.15, -0.1) is 0 Å². The number of epoxide rings is 1. The van der Waals surface area contributed by atoms with E-state index in [1.165, 1.54) is 6.08 Å². The summed E-state index contributed by atoms with van der Waals surface area (Å²) in [6.07, 6.45) is 3.42. The van der Waals surface area contributed by atoms with Crippen molar-refractivity contribution in [2.24, 2.45) is 28.1 Å². The van der Waals surface area contributed by atoms with Crippen LogP contribution < -0.4 is 0 Å². The number of hydrogen-bond donors (Lipinski definition) is 3. The van der Waals surface area contributed by atoms with Crippen molar-refractivity contribution >= 4 is 11.9 Å². The fraction of sp³-hybridized carbons (Fsp3) is 0.800. The summed E-state index contributed by atoms with van der Waals surface area (Å²) in [4.78, 5) is 26.2. The molecular formula is C30H42O10. The minimum absolute atomic E-state index is 0.0769. The normalized spacial score (nSPS) is 54.6. The number of cyclic esters (lactones) is 1. The lowest BCUT2D eigenvalue weighted by molar-refractivity contribution is -0.271. The lowest BCUT2D eigenvalue weighted by Gasteiger charge is -2.60. The van der Waals surface area contributed by atoms with Crippen molar-refractivity contribution < 1.29 is 48.6 Å². The molecule has 3 aliphatic heterocycles. The Morgan fingerprint density at radius 1 is 1.07 bits per heavy atom. The molecule has 222 valence electrons. The van der Waals surface area contributed by atoms with Crippen LogP contribution in [0.25, 0.3) is 0 Å². The summed E-state index contributed by atoms with van der Waals surface area (Å²) in [5.41, 5.74) is -2.66. The predicted octanol–water partition coefficient (Wildman–Crippen LogP) is 1.44. The third-order valence-electron chi connectivity index (χ3n) is 11.4. The fourth-order valence-corrected chi connectivity index (χ4v) is 8.30. The Hall–Kier alpha value is -1.82. The van der Waals surface area contributed by atoms with Crippen molar-refractivity contribution in [2.45, 2.75) is 102 Å². The van der Waals surface area contributed by atoms with Gasteiger partial charge in [0.25, 0.3) is 0 Å². The molecule has 3 saturated carbocycles. The highest BCUT2D eigenvalue weighted by molar-refractivity contribution is 5.82. The van der Waals surface area contributed by atoms with E-state index in [1.54, 1.807) is 32.1 Å². The van der Waals surface area contributed by atoms with Crippen molar-refractivity contribution in [2.75, 3.05) is 19.8 Å². The SMILES string of the molecule is C[C@@H]1CCO[C@@H]([C@@H](C)O)/C=C/C=C\C(=O)O[C@@H]2C[C@H]3O[C@@H]4[C@@H]5C[C@]5(C)[C@H](O)C[C@]4(COC(=O)[C@H]1O)[C@]2(C)[C@]31CO1. The Balaban J connectivity index is 1.37. The van der Waals surface area contributed by atoms with Crippen molar-refractivity contribution in [3.8, 4) is 0 Å². The molecule has 3 heterocycles. The molecule has 0 aromatic carbocycles. The van der Waals surface area contributed by atoms with Crippen LogP contribution in [0.3, 0.4) is 0 Å². The van der Waals surface area contributed by atoms with E-state index in [0.717, 1.165) is 6.42 Å². The first-order valence-corrected chi connectivity index (χ1v) is 14.6. The lowest BCUT2D eigenvalue weighted by atomic mass is 9.49. The second kappa shape index (κ2) is 9.61. The maximum atomic E-state index is 13.2. The summed E-state index contributed by atoms with van der Waals surface area (Å²) in [6, 6.07) is 0. The molecule has 6 rings (SSSR count). The Morgan fingerprint density at radius 3 is 2.52 bits per heavy atom. The number of ether oxygens (including phenoxy) is 5. The molecule has 10 heteroatoms. The van der Waals surface area contributed by atoms with Gasteiger partial charge in [-0.25, -0.2) is 9.59 Å². The molecule has 0 amide bonds. The molecule has 10 nitrogen and oxygen atoms in total. The van der Waals surface area contributed by atoms with E-state index in [9.17, 15) is 24.9 Å². The number of aliphatic hydroxyl groups excluding tert-OH is 3. The number of carbonyl (C=O) groups excluding carboxylic acids is 2. The highest BCUT2D eigenvalue weighted by Gasteiger charge is 2.87. The first kappa shape index (κ1) is 28.3. The molecule has 6 aliphatic rings. The molecule has 2 saturated heterocycles. The van der Waals surface area contributed by atoms with E-state index in [1.807, 2.05) is 6.92 Å². The molecule has 3 N–H and O–H groups in total. The van der Waals surface area contributed by atoms with Crippen LogP contribution in [0.1, 0.15) is 53.4 Å². The third-order valence-corrected chi connectivity index (χ3v) is 11.4. The van der Waals surface area contributed by atoms with Gasteiger partial charge >= 0.3 is 11.9 Å². The Labute approximate surface area is 234 Å².